The second-order valence-corrected chi connectivity index (χ2v) is 5.13. The van der Waals surface area contributed by atoms with Crippen LogP contribution in [0.2, 0.25) is 0 Å². The van der Waals surface area contributed by atoms with Crippen LogP contribution in [0.4, 0.5) is 5.69 Å². The van der Waals surface area contributed by atoms with Crippen molar-refractivity contribution >= 4 is 5.69 Å². The van der Waals surface area contributed by atoms with E-state index in [1.54, 1.807) is 0 Å². The summed E-state index contributed by atoms with van der Waals surface area (Å²) in [4.78, 5) is 0. The molecule has 4 nitrogen and oxygen atoms in total. The zero-order chi connectivity index (χ0) is 15.3. The number of rotatable bonds is 12. The average Bonchev–Trinajstić information content (AvgIpc) is 2.50. The number of ether oxygens (including phenoxy) is 2. The number of aliphatic hydroxyl groups excluding tert-OH is 1. The normalized spacial score (nSPS) is 12.1. The number of unbranched alkanes of at least 4 members (excludes halogenated alkanes) is 3. The monoisotopic (exact) mass is 295 g/mol. The number of aliphatic hydroxyl groups is 1. The van der Waals surface area contributed by atoms with E-state index < -0.39 is 6.10 Å². The van der Waals surface area contributed by atoms with Crippen LogP contribution in [0, 0.1) is 0 Å². The van der Waals surface area contributed by atoms with Crippen molar-refractivity contribution in [2.75, 3.05) is 31.7 Å². The van der Waals surface area contributed by atoms with E-state index in [1.807, 2.05) is 31.2 Å². The van der Waals surface area contributed by atoms with Crippen molar-refractivity contribution in [2.24, 2.45) is 0 Å². The molecule has 1 aromatic rings. The molecule has 0 aromatic heterocycles. The molecule has 0 radical (unpaired) electrons. The molecule has 4 heteroatoms. The Kier molecular flexibility index (Phi) is 9.66. The topological polar surface area (TPSA) is 50.7 Å². The summed E-state index contributed by atoms with van der Waals surface area (Å²) in [7, 11) is 0. The van der Waals surface area contributed by atoms with Crippen LogP contribution in [-0.4, -0.2) is 37.6 Å². The Balaban J connectivity index is 2.10. The maximum Gasteiger partial charge on any atom is 0.119 e. The molecule has 21 heavy (non-hydrogen) atoms. The molecule has 0 bridgehead atoms. The first-order chi connectivity index (χ1) is 10.3. The Morgan fingerprint density at radius 3 is 2.52 bits per heavy atom. The van der Waals surface area contributed by atoms with Crippen LogP contribution in [0.15, 0.2) is 24.3 Å². The van der Waals surface area contributed by atoms with Crippen molar-refractivity contribution in [2.45, 2.75) is 45.6 Å². The van der Waals surface area contributed by atoms with Gasteiger partial charge in [0.05, 0.1) is 19.3 Å². The second kappa shape index (κ2) is 11.4. The Labute approximate surface area is 128 Å². The first kappa shape index (κ1) is 17.8. The molecule has 0 saturated carbocycles. The summed E-state index contributed by atoms with van der Waals surface area (Å²) in [5.41, 5.74) is 0.973. The molecule has 1 unspecified atom stereocenters. The summed E-state index contributed by atoms with van der Waals surface area (Å²) >= 11 is 0. The highest BCUT2D eigenvalue weighted by molar-refractivity contribution is 5.46. The van der Waals surface area contributed by atoms with Crippen LogP contribution >= 0.6 is 0 Å². The molecule has 0 fully saturated rings. The van der Waals surface area contributed by atoms with Gasteiger partial charge in [0, 0.05) is 18.8 Å². The van der Waals surface area contributed by atoms with Crippen molar-refractivity contribution in [1.82, 2.24) is 0 Å². The van der Waals surface area contributed by atoms with E-state index in [0.717, 1.165) is 24.5 Å². The van der Waals surface area contributed by atoms with E-state index in [2.05, 4.69) is 12.2 Å². The highest BCUT2D eigenvalue weighted by Gasteiger charge is 2.04. The first-order valence-electron chi connectivity index (χ1n) is 7.98. The van der Waals surface area contributed by atoms with Gasteiger partial charge in [-0.05, 0) is 37.6 Å². The lowest BCUT2D eigenvalue weighted by Gasteiger charge is -2.13. The lowest BCUT2D eigenvalue weighted by Crippen LogP contribution is -2.25. The summed E-state index contributed by atoms with van der Waals surface area (Å²) in [5, 5.41) is 13.0. The summed E-state index contributed by atoms with van der Waals surface area (Å²) < 4.78 is 10.9. The molecule has 0 aliphatic heterocycles. The van der Waals surface area contributed by atoms with Gasteiger partial charge in [-0.1, -0.05) is 26.2 Å². The van der Waals surface area contributed by atoms with Crippen LogP contribution in [0.25, 0.3) is 0 Å². The maximum absolute atomic E-state index is 9.84. The Bertz CT molecular complexity index is 354. The predicted molar refractivity (Wildman–Crippen MR) is 87.1 cm³/mol. The van der Waals surface area contributed by atoms with Crippen LogP contribution in [-0.2, 0) is 4.74 Å². The number of hydrogen-bond donors (Lipinski definition) is 2. The molecule has 2 N–H and O–H groups in total. The molecule has 0 amide bonds. The first-order valence-corrected chi connectivity index (χ1v) is 7.98. The standard InChI is InChI=1S/C17H29NO3/c1-3-5-6-7-12-20-14-16(19)13-18-15-8-10-17(11-9-15)21-4-2/h8-11,16,18-19H,3-7,12-14H2,1-2H3. The molecule has 0 aliphatic carbocycles. The van der Waals surface area contributed by atoms with E-state index in [0.29, 0.717) is 19.8 Å². The van der Waals surface area contributed by atoms with Gasteiger partial charge in [0.25, 0.3) is 0 Å². The second-order valence-electron chi connectivity index (χ2n) is 5.13. The third kappa shape index (κ3) is 8.58. The van der Waals surface area contributed by atoms with Gasteiger partial charge in [0.2, 0.25) is 0 Å². The maximum atomic E-state index is 9.84. The van der Waals surface area contributed by atoms with Crippen LogP contribution in [0.3, 0.4) is 0 Å². The highest BCUT2D eigenvalue weighted by atomic mass is 16.5. The van der Waals surface area contributed by atoms with Crippen molar-refractivity contribution < 1.29 is 14.6 Å². The van der Waals surface area contributed by atoms with Crippen LogP contribution in [0.1, 0.15) is 39.5 Å². The van der Waals surface area contributed by atoms with Gasteiger partial charge >= 0.3 is 0 Å². The minimum absolute atomic E-state index is 0.385. The van der Waals surface area contributed by atoms with Crippen molar-refractivity contribution in [3.05, 3.63) is 24.3 Å². The van der Waals surface area contributed by atoms with E-state index >= 15 is 0 Å². The molecule has 0 saturated heterocycles. The van der Waals surface area contributed by atoms with Gasteiger partial charge in [-0.15, -0.1) is 0 Å². The molecular weight excluding hydrogens is 266 g/mol. The van der Waals surface area contributed by atoms with Crippen LogP contribution < -0.4 is 10.1 Å². The molecule has 0 heterocycles. The minimum atomic E-state index is -0.484. The number of anilines is 1. The van der Waals surface area contributed by atoms with Crippen molar-refractivity contribution in [3.8, 4) is 5.75 Å². The fourth-order valence-electron chi connectivity index (χ4n) is 1.98. The Morgan fingerprint density at radius 1 is 1.10 bits per heavy atom. The predicted octanol–water partition coefficient (Wildman–Crippen LogP) is 3.46. The third-order valence-electron chi connectivity index (χ3n) is 3.16. The van der Waals surface area contributed by atoms with Crippen molar-refractivity contribution in [1.29, 1.82) is 0 Å². The Hall–Kier alpha value is -1.26. The molecule has 0 spiro atoms. The van der Waals surface area contributed by atoms with Gasteiger partial charge in [-0.25, -0.2) is 0 Å². The molecule has 1 rings (SSSR count). The smallest absolute Gasteiger partial charge is 0.119 e. The van der Waals surface area contributed by atoms with Gasteiger partial charge < -0.3 is 19.9 Å². The van der Waals surface area contributed by atoms with Crippen molar-refractivity contribution in [3.63, 3.8) is 0 Å². The summed E-state index contributed by atoms with van der Waals surface area (Å²) in [6, 6.07) is 7.73. The molecular formula is C17H29NO3. The zero-order valence-corrected chi connectivity index (χ0v) is 13.3. The molecule has 1 atom stereocenters. The largest absolute Gasteiger partial charge is 0.494 e. The van der Waals surface area contributed by atoms with E-state index in [1.165, 1.54) is 19.3 Å². The van der Waals surface area contributed by atoms with E-state index in [4.69, 9.17) is 9.47 Å². The van der Waals surface area contributed by atoms with Crippen LogP contribution in [0.5, 0.6) is 5.75 Å². The van der Waals surface area contributed by atoms with E-state index in [9.17, 15) is 5.11 Å². The fraction of sp³-hybridized carbons (Fsp3) is 0.647. The summed E-state index contributed by atoms with van der Waals surface area (Å²) in [6.07, 6.45) is 4.28. The SMILES string of the molecule is CCCCCCOCC(O)CNc1ccc(OCC)cc1. The van der Waals surface area contributed by atoms with Gasteiger partial charge in [-0.3, -0.25) is 0 Å². The van der Waals surface area contributed by atoms with Gasteiger partial charge in [0.15, 0.2) is 0 Å². The third-order valence-corrected chi connectivity index (χ3v) is 3.16. The minimum Gasteiger partial charge on any atom is -0.494 e. The quantitative estimate of drug-likeness (QED) is 0.580. The van der Waals surface area contributed by atoms with Gasteiger partial charge in [0.1, 0.15) is 5.75 Å². The molecule has 120 valence electrons. The molecule has 1 aromatic carbocycles. The lowest BCUT2D eigenvalue weighted by molar-refractivity contribution is 0.0417. The lowest BCUT2D eigenvalue weighted by atomic mass is 10.2. The Morgan fingerprint density at radius 2 is 1.86 bits per heavy atom. The fourth-order valence-corrected chi connectivity index (χ4v) is 1.98. The zero-order valence-electron chi connectivity index (χ0n) is 13.3. The summed E-state index contributed by atoms with van der Waals surface area (Å²) in [5.74, 6) is 0.860. The number of nitrogens with one attached hydrogen (secondary N) is 1. The number of benzene rings is 1. The molecule has 0 aliphatic rings. The summed E-state index contributed by atoms with van der Waals surface area (Å²) in [6.45, 7) is 6.43. The van der Waals surface area contributed by atoms with E-state index in [-0.39, 0.29) is 0 Å². The van der Waals surface area contributed by atoms with Gasteiger partial charge in [-0.2, -0.15) is 0 Å². The average molecular weight is 295 g/mol. The number of hydrogen-bond acceptors (Lipinski definition) is 4. The highest BCUT2D eigenvalue weighted by Crippen LogP contribution is 2.15.